The first-order chi connectivity index (χ1) is 10.4. The van der Waals surface area contributed by atoms with E-state index in [9.17, 15) is 24.8 Å². The lowest BCUT2D eigenvalue weighted by atomic mass is 10.1. The van der Waals surface area contributed by atoms with Crippen molar-refractivity contribution < 1.29 is 24.4 Å². The van der Waals surface area contributed by atoms with Gasteiger partial charge in [0, 0.05) is 6.54 Å². The standard InChI is InChI=1S/C14H16N2O6/c1-8-5-6-9(11(12(8)17)16(20)21)13(18)15-7-3-4-10(15)14(19)22-2/h5-6,10,17H,3-4,7H2,1-2H3/t10-/m0/s1. The van der Waals surface area contributed by atoms with E-state index in [0.29, 0.717) is 24.9 Å². The van der Waals surface area contributed by atoms with Crippen molar-refractivity contribution in [2.45, 2.75) is 25.8 Å². The molecule has 0 bridgehead atoms. The number of rotatable bonds is 3. The number of aromatic hydroxyl groups is 1. The van der Waals surface area contributed by atoms with Gasteiger partial charge in [-0.05, 0) is 31.4 Å². The Hall–Kier alpha value is -2.64. The largest absolute Gasteiger partial charge is 0.502 e. The number of nitro benzene ring substituents is 1. The number of ether oxygens (including phenoxy) is 1. The number of esters is 1. The van der Waals surface area contributed by atoms with Crippen LogP contribution in [0.25, 0.3) is 0 Å². The second kappa shape index (κ2) is 6.00. The number of nitrogens with zero attached hydrogens (tertiary/aromatic N) is 2. The first-order valence-electron chi connectivity index (χ1n) is 6.74. The van der Waals surface area contributed by atoms with Gasteiger partial charge in [-0.25, -0.2) is 4.79 Å². The molecule has 0 unspecified atom stereocenters. The monoisotopic (exact) mass is 308 g/mol. The fraction of sp³-hybridized carbons (Fsp3) is 0.429. The number of hydrogen-bond donors (Lipinski definition) is 1. The SMILES string of the molecule is COC(=O)[C@@H]1CCCN1C(=O)c1ccc(C)c(O)c1[N+](=O)[O-]. The van der Waals surface area contributed by atoms with Gasteiger partial charge in [0.15, 0.2) is 5.75 Å². The van der Waals surface area contributed by atoms with E-state index in [0.717, 1.165) is 0 Å². The highest BCUT2D eigenvalue weighted by molar-refractivity contribution is 6.01. The lowest BCUT2D eigenvalue weighted by Gasteiger charge is -2.22. The third-order valence-corrected chi connectivity index (χ3v) is 3.75. The molecule has 1 aliphatic heterocycles. The molecule has 0 radical (unpaired) electrons. The first-order valence-corrected chi connectivity index (χ1v) is 6.74. The zero-order valence-electron chi connectivity index (χ0n) is 12.2. The minimum atomic E-state index is -0.793. The number of carbonyl (C=O) groups excluding carboxylic acids is 2. The van der Waals surface area contributed by atoms with Crippen molar-refractivity contribution in [3.8, 4) is 5.75 Å². The molecule has 2 rings (SSSR count). The van der Waals surface area contributed by atoms with Crippen molar-refractivity contribution in [1.29, 1.82) is 0 Å². The summed E-state index contributed by atoms with van der Waals surface area (Å²) in [5.74, 6) is -1.75. The number of aryl methyl sites for hydroxylation is 1. The Bertz CT molecular complexity index is 642. The van der Waals surface area contributed by atoms with E-state index in [1.807, 2.05) is 0 Å². The maximum atomic E-state index is 12.6. The summed E-state index contributed by atoms with van der Waals surface area (Å²) in [6, 6.07) is 1.97. The van der Waals surface area contributed by atoms with Crippen LogP contribution in [-0.2, 0) is 9.53 Å². The molecule has 1 atom stereocenters. The molecular weight excluding hydrogens is 292 g/mol. The zero-order chi connectivity index (χ0) is 16.4. The van der Waals surface area contributed by atoms with E-state index in [1.54, 1.807) is 0 Å². The van der Waals surface area contributed by atoms with Gasteiger partial charge < -0.3 is 14.7 Å². The molecule has 1 aromatic rings. The Kier molecular flexibility index (Phi) is 4.30. The molecule has 8 heteroatoms. The van der Waals surface area contributed by atoms with Crippen LogP contribution in [0.2, 0.25) is 0 Å². The van der Waals surface area contributed by atoms with Crippen molar-refractivity contribution in [2.24, 2.45) is 0 Å². The van der Waals surface area contributed by atoms with Gasteiger partial charge in [-0.1, -0.05) is 6.07 Å². The van der Waals surface area contributed by atoms with Gasteiger partial charge in [-0.2, -0.15) is 0 Å². The molecule has 0 spiro atoms. The normalized spacial score (nSPS) is 17.4. The highest BCUT2D eigenvalue weighted by Gasteiger charge is 2.38. The number of hydrogen-bond acceptors (Lipinski definition) is 6. The van der Waals surface area contributed by atoms with Gasteiger partial charge >= 0.3 is 11.7 Å². The van der Waals surface area contributed by atoms with Gasteiger partial charge in [0.05, 0.1) is 12.0 Å². The quantitative estimate of drug-likeness (QED) is 0.513. The van der Waals surface area contributed by atoms with Crippen molar-refractivity contribution in [3.05, 3.63) is 33.4 Å². The summed E-state index contributed by atoms with van der Waals surface area (Å²) in [6.45, 7) is 1.81. The van der Waals surface area contributed by atoms with Crippen LogP contribution >= 0.6 is 0 Å². The summed E-state index contributed by atoms with van der Waals surface area (Å²) < 4.78 is 4.65. The molecule has 1 N–H and O–H groups in total. The van der Waals surface area contributed by atoms with Crippen LogP contribution in [0.5, 0.6) is 5.75 Å². The van der Waals surface area contributed by atoms with Crippen LogP contribution < -0.4 is 0 Å². The third kappa shape index (κ3) is 2.59. The van der Waals surface area contributed by atoms with Crippen LogP contribution in [0.3, 0.4) is 0 Å². The summed E-state index contributed by atoms with van der Waals surface area (Å²) >= 11 is 0. The summed E-state index contributed by atoms with van der Waals surface area (Å²) in [5.41, 5.74) is -0.571. The Labute approximate surface area is 126 Å². The third-order valence-electron chi connectivity index (χ3n) is 3.75. The minimum absolute atomic E-state index is 0.232. The lowest BCUT2D eigenvalue weighted by Crippen LogP contribution is -2.41. The van der Waals surface area contributed by atoms with Crippen molar-refractivity contribution in [3.63, 3.8) is 0 Å². The second-order valence-corrected chi connectivity index (χ2v) is 5.06. The first kappa shape index (κ1) is 15.7. The fourth-order valence-corrected chi connectivity index (χ4v) is 2.58. The van der Waals surface area contributed by atoms with Gasteiger partial charge in [0.1, 0.15) is 11.6 Å². The van der Waals surface area contributed by atoms with E-state index >= 15 is 0 Å². The molecule has 1 fully saturated rings. The van der Waals surface area contributed by atoms with Crippen molar-refractivity contribution in [2.75, 3.05) is 13.7 Å². The molecule has 0 aliphatic carbocycles. The number of phenolic OH excluding ortho intramolecular Hbond substituents is 1. The number of carbonyl (C=O) groups is 2. The molecule has 118 valence electrons. The molecule has 22 heavy (non-hydrogen) atoms. The predicted octanol–water partition coefficient (Wildman–Crippen LogP) is 1.39. The van der Waals surface area contributed by atoms with E-state index < -0.39 is 34.3 Å². The lowest BCUT2D eigenvalue weighted by molar-refractivity contribution is -0.386. The van der Waals surface area contributed by atoms with Crippen LogP contribution in [-0.4, -0.2) is 46.5 Å². The highest BCUT2D eigenvalue weighted by Crippen LogP contribution is 2.35. The fourth-order valence-electron chi connectivity index (χ4n) is 2.58. The predicted molar refractivity (Wildman–Crippen MR) is 75.6 cm³/mol. The summed E-state index contributed by atoms with van der Waals surface area (Å²) in [6.07, 6.45) is 1.06. The molecule has 1 aliphatic rings. The zero-order valence-corrected chi connectivity index (χ0v) is 12.2. The molecule has 1 aromatic carbocycles. The van der Waals surface area contributed by atoms with Gasteiger partial charge in [-0.15, -0.1) is 0 Å². The number of methoxy groups -OCH3 is 1. The average molecular weight is 308 g/mol. The number of likely N-dealkylation sites (tertiary alicyclic amines) is 1. The van der Waals surface area contributed by atoms with Crippen LogP contribution in [0.1, 0.15) is 28.8 Å². The molecule has 1 heterocycles. The van der Waals surface area contributed by atoms with Crippen molar-refractivity contribution >= 4 is 17.6 Å². The topological polar surface area (TPSA) is 110 Å². The van der Waals surface area contributed by atoms with E-state index in [4.69, 9.17) is 0 Å². The van der Waals surface area contributed by atoms with Gasteiger partial charge in [0.2, 0.25) is 0 Å². The molecule has 1 amide bonds. The summed E-state index contributed by atoms with van der Waals surface area (Å²) in [7, 11) is 1.23. The Morgan fingerprint density at radius 2 is 2.14 bits per heavy atom. The minimum Gasteiger partial charge on any atom is -0.502 e. The van der Waals surface area contributed by atoms with Crippen LogP contribution in [0.15, 0.2) is 12.1 Å². The van der Waals surface area contributed by atoms with Crippen LogP contribution in [0.4, 0.5) is 5.69 Å². The summed E-state index contributed by atoms with van der Waals surface area (Å²) in [5, 5.41) is 21.0. The number of amides is 1. The van der Waals surface area contributed by atoms with E-state index in [2.05, 4.69) is 4.74 Å². The number of phenols is 1. The van der Waals surface area contributed by atoms with Gasteiger partial charge in [0.25, 0.3) is 5.91 Å². The Balaban J connectivity index is 2.44. The maximum absolute atomic E-state index is 12.6. The maximum Gasteiger partial charge on any atom is 0.328 e. The number of benzene rings is 1. The summed E-state index contributed by atoms with van der Waals surface area (Å²) in [4.78, 5) is 35.9. The molecule has 0 saturated carbocycles. The second-order valence-electron chi connectivity index (χ2n) is 5.06. The van der Waals surface area contributed by atoms with Crippen LogP contribution in [0, 0.1) is 17.0 Å². The smallest absolute Gasteiger partial charge is 0.328 e. The average Bonchev–Trinajstić information content (AvgIpc) is 2.97. The molecular formula is C14H16N2O6. The van der Waals surface area contributed by atoms with Crippen molar-refractivity contribution in [1.82, 2.24) is 4.90 Å². The molecule has 1 saturated heterocycles. The Morgan fingerprint density at radius 3 is 2.73 bits per heavy atom. The van der Waals surface area contributed by atoms with E-state index in [-0.39, 0.29) is 5.56 Å². The molecule has 8 nitrogen and oxygen atoms in total. The number of nitro groups is 1. The van der Waals surface area contributed by atoms with E-state index in [1.165, 1.54) is 31.1 Å². The highest BCUT2D eigenvalue weighted by atomic mass is 16.6. The Morgan fingerprint density at radius 1 is 1.45 bits per heavy atom. The van der Waals surface area contributed by atoms with Gasteiger partial charge in [-0.3, -0.25) is 14.9 Å². The molecule has 0 aromatic heterocycles.